The van der Waals surface area contributed by atoms with Crippen molar-refractivity contribution in [3.05, 3.63) is 29.8 Å². The third-order valence-electron chi connectivity index (χ3n) is 3.33. The lowest BCUT2D eigenvalue weighted by Gasteiger charge is -2.38. The first-order valence-electron chi connectivity index (χ1n) is 6.77. The first-order chi connectivity index (χ1) is 9.48. The fraction of sp³-hybridized carbons (Fsp3) is 0.571. The summed E-state index contributed by atoms with van der Waals surface area (Å²) in [5.74, 6) is -0.173. The van der Waals surface area contributed by atoms with Crippen LogP contribution in [0.2, 0.25) is 0 Å². The molecule has 1 heterocycles. The summed E-state index contributed by atoms with van der Waals surface area (Å²) in [6.07, 6.45) is -3.57. The van der Waals surface area contributed by atoms with E-state index in [4.69, 9.17) is 0 Å². The van der Waals surface area contributed by atoms with Crippen molar-refractivity contribution in [1.82, 2.24) is 10.2 Å². The molecule has 6 heteroatoms. The van der Waals surface area contributed by atoms with Gasteiger partial charge in [0.15, 0.2) is 0 Å². The molecule has 3 nitrogen and oxygen atoms in total. The molecule has 20 heavy (non-hydrogen) atoms. The molecule has 0 aromatic heterocycles. The van der Waals surface area contributed by atoms with Gasteiger partial charge in [-0.3, -0.25) is 4.90 Å². The fourth-order valence-electron chi connectivity index (χ4n) is 2.24. The molecule has 0 radical (unpaired) electrons. The molecule has 1 aromatic rings. The van der Waals surface area contributed by atoms with Gasteiger partial charge in [-0.1, -0.05) is 19.1 Å². The van der Waals surface area contributed by atoms with Gasteiger partial charge in [-0.15, -0.1) is 13.2 Å². The second kappa shape index (κ2) is 6.45. The summed E-state index contributed by atoms with van der Waals surface area (Å²) in [6, 6.07) is 6.64. The van der Waals surface area contributed by atoms with E-state index in [1.807, 2.05) is 0 Å². The van der Waals surface area contributed by atoms with Crippen molar-refractivity contribution in [3.63, 3.8) is 0 Å². The average Bonchev–Trinajstić information content (AvgIpc) is 2.28. The number of benzene rings is 1. The van der Waals surface area contributed by atoms with Crippen LogP contribution in [0, 0.1) is 0 Å². The van der Waals surface area contributed by atoms with Crippen LogP contribution in [0.1, 0.15) is 18.9 Å². The molecular formula is C14H19F3N2O. The van der Waals surface area contributed by atoms with Crippen LogP contribution in [0.3, 0.4) is 0 Å². The van der Waals surface area contributed by atoms with Crippen LogP contribution < -0.4 is 10.1 Å². The van der Waals surface area contributed by atoms with Gasteiger partial charge in [-0.2, -0.15) is 0 Å². The van der Waals surface area contributed by atoms with E-state index in [9.17, 15) is 13.2 Å². The van der Waals surface area contributed by atoms with Crippen molar-refractivity contribution < 1.29 is 17.9 Å². The predicted molar refractivity (Wildman–Crippen MR) is 70.5 cm³/mol. The minimum Gasteiger partial charge on any atom is -0.406 e. The van der Waals surface area contributed by atoms with E-state index in [-0.39, 0.29) is 5.75 Å². The first-order valence-corrected chi connectivity index (χ1v) is 6.77. The molecule has 1 fully saturated rings. The highest BCUT2D eigenvalue weighted by Crippen LogP contribution is 2.23. The Bertz CT molecular complexity index is 415. The van der Waals surface area contributed by atoms with Crippen molar-refractivity contribution in [3.8, 4) is 5.75 Å². The van der Waals surface area contributed by atoms with Gasteiger partial charge in [0.25, 0.3) is 0 Å². The maximum Gasteiger partial charge on any atom is 0.573 e. The molecule has 0 aliphatic carbocycles. The van der Waals surface area contributed by atoms with Gasteiger partial charge in [0.1, 0.15) is 5.75 Å². The van der Waals surface area contributed by atoms with Crippen LogP contribution >= 0.6 is 0 Å². The van der Waals surface area contributed by atoms with Crippen LogP contribution in [0.4, 0.5) is 13.2 Å². The molecule has 1 aliphatic heterocycles. The van der Waals surface area contributed by atoms with Gasteiger partial charge >= 0.3 is 6.36 Å². The lowest BCUT2D eigenvalue weighted by molar-refractivity contribution is -0.274. The van der Waals surface area contributed by atoms with Crippen LogP contribution in [0.5, 0.6) is 5.75 Å². The molecule has 0 amide bonds. The molecule has 1 aromatic carbocycles. The molecule has 112 valence electrons. The molecule has 1 aliphatic rings. The zero-order valence-corrected chi connectivity index (χ0v) is 11.4. The monoisotopic (exact) mass is 288 g/mol. The number of nitrogens with one attached hydrogen (secondary N) is 1. The fourth-order valence-corrected chi connectivity index (χ4v) is 2.24. The number of nitrogens with zero attached hydrogens (tertiary/aromatic N) is 1. The van der Waals surface area contributed by atoms with Gasteiger partial charge < -0.3 is 10.1 Å². The molecule has 0 unspecified atom stereocenters. The minimum absolute atomic E-state index is 0.173. The van der Waals surface area contributed by atoms with Crippen LogP contribution in [-0.4, -0.2) is 36.9 Å². The van der Waals surface area contributed by atoms with Crippen molar-refractivity contribution in [2.24, 2.45) is 0 Å². The van der Waals surface area contributed by atoms with Gasteiger partial charge in [0, 0.05) is 25.7 Å². The Balaban J connectivity index is 1.94. The maximum atomic E-state index is 12.1. The maximum absolute atomic E-state index is 12.1. The molecule has 2 rings (SSSR count). The summed E-state index contributed by atoms with van der Waals surface area (Å²) >= 11 is 0. The van der Waals surface area contributed by atoms with Crippen molar-refractivity contribution >= 4 is 0 Å². The number of ether oxygens (including phenoxy) is 1. The summed E-state index contributed by atoms with van der Waals surface area (Å²) in [6.45, 7) is 5.84. The number of alkyl halides is 3. The first kappa shape index (κ1) is 15.1. The summed E-state index contributed by atoms with van der Waals surface area (Å²) in [5.41, 5.74) is 1.000. The van der Waals surface area contributed by atoms with Crippen molar-refractivity contribution in [2.45, 2.75) is 32.3 Å². The second-order valence-electron chi connectivity index (χ2n) is 4.97. The lowest BCUT2D eigenvalue weighted by atomic mass is 10.1. The number of halogens is 3. The Hall–Kier alpha value is -1.27. The average molecular weight is 288 g/mol. The Morgan fingerprint density at radius 3 is 2.35 bits per heavy atom. The Labute approximate surface area is 116 Å². The van der Waals surface area contributed by atoms with Crippen LogP contribution in [-0.2, 0) is 6.54 Å². The third-order valence-corrected chi connectivity index (χ3v) is 3.33. The Kier molecular flexibility index (Phi) is 4.88. The normalized spacial score (nSPS) is 16.2. The van der Waals surface area contributed by atoms with Crippen molar-refractivity contribution in [1.29, 1.82) is 0 Å². The highest BCUT2D eigenvalue weighted by atomic mass is 19.4. The number of hydrogen-bond acceptors (Lipinski definition) is 3. The van der Waals surface area contributed by atoms with E-state index in [1.54, 1.807) is 12.1 Å². The Morgan fingerprint density at radius 2 is 1.90 bits per heavy atom. The third kappa shape index (κ3) is 4.38. The minimum atomic E-state index is -4.63. The number of hydrogen-bond donors (Lipinski definition) is 1. The Morgan fingerprint density at radius 1 is 1.25 bits per heavy atom. The van der Waals surface area contributed by atoms with Crippen LogP contribution in [0.15, 0.2) is 24.3 Å². The predicted octanol–water partition coefficient (Wildman–Crippen LogP) is 2.77. The SMILES string of the molecule is CCCN(Cc1ccc(OC(F)(F)F)cc1)C1CNC1. The molecule has 0 saturated carbocycles. The summed E-state index contributed by atoms with van der Waals surface area (Å²) in [7, 11) is 0. The zero-order valence-electron chi connectivity index (χ0n) is 11.4. The van der Waals surface area contributed by atoms with E-state index in [1.165, 1.54) is 12.1 Å². The van der Waals surface area contributed by atoms with Gasteiger partial charge in [0.2, 0.25) is 0 Å². The molecule has 1 N–H and O–H groups in total. The smallest absolute Gasteiger partial charge is 0.406 e. The topological polar surface area (TPSA) is 24.5 Å². The summed E-state index contributed by atoms with van der Waals surface area (Å²) in [4.78, 5) is 2.36. The molecule has 0 bridgehead atoms. The highest BCUT2D eigenvalue weighted by molar-refractivity contribution is 5.27. The van der Waals surface area contributed by atoms with E-state index >= 15 is 0 Å². The largest absolute Gasteiger partial charge is 0.573 e. The molecule has 0 spiro atoms. The van der Waals surface area contributed by atoms with Crippen molar-refractivity contribution in [2.75, 3.05) is 19.6 Å². The lowest BCUT2D eigenvalue weighted by Crippen LogP contribution is -2.56. The molecule has 0 atom stereocenters. The van der Waals surface area contributed by atoms with Gasteiger partial charge in [0.05, 0.1) is 0 Å². The zero-order chi connectivity index (χ0) is 14.6. The van der Waals surface area contributed by atoms with E-state index < -0.39 is 6.36 Å². The summed E-state index contributed by atoms with van der Waals surface area (Å²) in [5, 5.41) is 3.23. The molecule has 1 saturated heterocycles. The quantitative estimate of drug-likeness (QED) is 0.871. The molecular weight excluding hydrogens is 269 g/mol. The van der Waals surface area contributed by atoms with E-state index in [0.29, 0.717) is 6.04 Å². The van der Waals surface area contributed by atoms with E-state index in [0.717, 1.165) is 38.2 Å². The second-order valence-corrected chi connectivity index (χ2v) is 4.97. The number of rotatable bonds is 6. The van der Waals surface area contributed by atoms with Crippen LogP contribution in [0.25, 0.3) is 0 Å². The van der Waals surface area contributed by atoms with Gasteiger partial charge in [-0.25, -0.2) is 0 Å². The highest BCUT2D eigenvalue weighted by Gasteiger charge is 2.31. The summed E-state index contributed by atoms with van der Waals surface area (Å²) < 4.78 is 40.1. The van der Waals surface area contributed by atoms with Gasteiger partial charge in [-0.05, 0) is 30.7 Å². The van der Waals surface area contributed by atoms with E-state index in [2.05, 4.69) is 21.9 Å². The standard InChI is InChI=1S/C14H19F3N2O/c1-2-7-19(12-8-18-9-12)10-11-3-5-13(6-4-11)20-14(15,16)17/h3-6,12,18H,2,7-10H2,1H3.